The molecule has 3 rings (SSSR count). The number of hydrogen-bond donors (Lipinski definition) is 1. The zero-order valence-corrected chi connectivity index (χ0v) is 15.6. The lowest BCUT2D eigenvalue weighted by molar-refractivity contribution is -0.384. The van der Waals surface area contributed by atoms with Gasteiger partial charge in [0.1, 0.15) is 0 Å². The van der Waals surface area contributed by atoms with Crippen molar-refractivity contribution in [3.8, 4) is 11.3 Å². The molecule has 9 nitrogen and oxygen atoms in total. The zero-order chi connectivity index (χ0) is 19.2. The molecule has 0 radical (unpaired) electrons. The first kappa shape index (κ1) is 18.1. The summed E-state index contributed by atoms with van der Waals surface area (Å²) in [6.45, 7) is -0.0364. The molecular formula is C16H15BrN4O5. The Balaban J connectivity index is 2.52. The van der Waals surface area contributed by atoms with Crippen LogP contribution in [-0.4, -0.2) is 30.3 Å². The van der Waals surface area contributed by atoms with Gasteiger partial charge in [0.15, 0.2) is 0 Å². The van der Waals surface area contributed by atoms with E-state index in [1.165, 1.54) is 29.8 Å². The zero-order valence-electron chi connectivity index (χ0n) is 14.0. The number of nitro benzene ring substituents is 1. The molecule has 1 aromatic carbocycles. The number of nitrogens with zero attached hydrogens (tertiary/aromatic N) is 4. The SMILES string of the molecule is Cn1c(=O)c2c(-c3cc([N+](=O)[O-])ccc3Br)n(CCO)cc2n(C)c1=O. The Morgan fingerprint density at radius 1 is 1.23 bits per heavy atom. The van der Waals surface area contributed by atoms with Crippen molar-refractivity contribution >= 4 is 32.5 Å². The number of hydrogen-bond acceptors (Lipinski definition) is 5. The molecule has 0 unspecified atom stereocenters. The molecule has 3 aromatic rings. The minimum atomic E-state index is -0.523. The number of non-ortho nitro benzene ring substituents is 1. The molecule has 136 valence electrons. The molecule has 26 heavy (non-hydrogen) atoms. The highest BCUT2D eigenvalue weighted by molar-refractivity contribution is 9.10. The maximum atomic E-state index is 12.8. The highest BCUT2D eigenvalue weighted by atomic mass is 79.9. The molecule has 2 heterocycles. The van der Waals surface area contributed by atoms with Crippen LogP contribution in [0.1, 0.15) is 0 Å². The Bertz CT molecular complexity index is 1160. The van der Waals surface area contributed by atoms with Gasteiger partial charge in [-0.15, -0.1) is 0 Å². The van der Waals surface area contributed by atoms with Crippen molar-refractivity contribution in [2.24, 2.45) is 14.1 Å². The number of aliphatic hydroxyl groups excluding tert-OH is 1. The maximum absolute atomic E-state index is 12.8. The molecule has 0 saturated heterocycles. The number of halogens is 1. The van der Waals surface area contributed by atoms with Gasteiger partial charge in [-0.1, -0.05) is 15.9 Å². The number of aromatic nitrogens is 3. The second-order valence-electron chi connectivity index (χ2n) is 5.78. The minimum absolute atomic E-state index is 0.130. The first-order valence-corrected chi connectivity index (χ1v) is 8.41. The number of aryl methyl sites for hydroxylation is 1. The third-order valence-electron chi connectivity index (χ3n) is 4.27. The van der Waals surface area contributed by atoms with E-state index in [0.29, 0.717) is 21.2 Å². The van der Waals surface area contributed by atoms with Crippen molar-refractivity contribution in [2.45, 2.75) is 6.54 Å². The van der Waals surface area contributed by atoms with Gasteiger partial charge in [0.05, 0.1) is 28.1 Å². The number of nitro groups is 1. The fourth-order valence-corrected chi connectivity index (χ4v) is 3.41. The van der Waals surface area contributed by atoms with Crippen LogP contribution in [0.3, 0.4) is 0 Å². The summed E-state index contributed by atoms with van der Waals surface area (Å²) >= 11 is 3.37. The molecular weight excluding hydrogens is 408 g/mol. The summed E-state index contributed by atoms with van der Waals surface area (Å²) in [5.74, 6) is 0. The molecule has 0 aliphatic heterocycles. The van der Waals surface area contributed by atoms with E-state index in [4.69, 9.17) is 0 Å². The van der Waals surface area contributed by atoms with Gasteiger partial charge in [0, 0.05) is 49.0 Å². The molecule has 2 aromatic heterocycles. The van der Waals surface area contributed by atoms with Crippen molar-refractivity contribution in [3.63, 3.8) is 0 Å². The summed E-state index contributed by atoms with van der Waals surface area (Å²) in [6, 6.07) is 4.24. The Morgan fingerprint density at radius 2 is 1.92 bits per heavy atom. The first-order chi connectivity index (χ1) is 12.3. The number of benzene rings is 1. The molecule has 10 heteroatoms. The van der Waals surface area contributed by atoms with E-state index in [2.05, 4.69) is 15.9 Å². The van der Waals surface area contributed by atoms with Crippen molar-refractivity contribution in [2.75, 3.05) is 6.61 Å². The van der Waals surface area contributed by atoms with Gasteiger partial charge >= 0.3 is 5.69 Å². The standard InChI is InChI=1S/C16H15BrN4O5/c1-18-12-8-20(5-6-22)14(13(12)15(23)19(2)16(18)24)10-7-9(21(25)26)3-4-11(10)17/h3-4,7-8,22H,5-6H2,1-2H3. The van der Waals surface area contributed by atoms with Crippen molar-refractivity contribution < 1.29 is 10.0 Å². The smallest absolute Gasteiger partial charge is 0.330 e. The average molecular weight is 423 g/mol. The van der Waals surface area contributed by atoms with Gasteiger partial charge in [-0.05, 0) is 6.07 Å². The van der Waals surface area contributed by atoms with Crippen LogP contribution in [0.2, 0.25) is 0 Å². The monoisotopic (exact) mass is 422 g/mol. The fourth-order valence-electron chi connectivity index (χ4n) is 2.97. The van der Waals surface area contributed by atoms with Crippen molar-refractivity contribution in [1.82, 2.24) is 13.7 Å². The summed E-state index contributed by atoms with van der Waals surface area (Å²) in [4.78, 5) is 35.6. The summed E-state index contributed by atoms with van der Waals surface area (Å²) in [5, 5.41) is 20.8. The molecule has 0 amide bonds. The van der Waals surface area contributed by atoms with Crippen molar-refractivity contribution in [3.05, 3.63) is 59.8 Å². The van der Waals surface area contributed by atoms with E-state index in [1.807, 2.05) is 0 Å². The summed E-state index contributed by atoms with van der Waals surface area (Å²) in [5.41, 5.74) is 0.107. The van der Waals surface area contributed by atoms with Crippen LogP contribution in [0.25, 0.3) is 22.2 Å². The molecule has 0 spiro atoms. The highest BCUT2D eigenvalue weighted by Gasteiger charge is 2.22. The molecule has 0 atom stereocenters. The summed E-state index contributed by atoms with van der Waals surface area (Å²) in [6.07, 6.45) is 1.59. The topological polar surface area (TPSA) is 112 Å². The van der Waals surface area contributed by atoms with Crippen LogP contribution in [0.5, 0.6) is 0 Å². The second-order valence-corrected chi connectivity index (χ2v) is 6.64. The van der Waals surface area contributed by atoms with Gasteiger partial charge in [0.25, 0.3) is 11.2 Å². The average Bonchev–Trinajstić information content (AvgIpc) is 2.98. The van der Waals surface area contributed by atoms with Gasteiger partial charge in [0.2, 0.25) is 0 Å². The molecule has 0 saturated carbocycles. The molecule has 0 fully saturated rings. The van der Waals surface area contributed by atoms with Crippen LogP contribution in [0, 0.1) is 10.1 Å². The number of fused-ring (bicyclic) bond motifs is 1. The third-order valence-corrected chi connectivity index (χ3v) is 4.96. The van der Waals surface area contributed by atoms with E-state index in [0.717, 1.165) is 4.57 Å². The van der Waals surface area contributed by atoms with E-state index < -0.39 is 16.2 Å². The van der Waals surface area contributed by atoms with Gasteiger partial charge in [-0.25, -0.2) is 4.79 Å². The normalized spacial score (nSPS) is 11.2. The Kier molecular flexibility index (Phi) is 4.55. The largest absolute Gasteiger partial charge is 0.395 e. The fraction of sp³-hybridized carbons (Fsp3) is 0.250. The summed E-state index contributed by atoms with van der Waals surface area (Å²) < 4.78 is 4.49. The first-order valence-electron chi connectivity index (χ1n) is 7.62. The number of rotatable bonds is 4. The minimum Gasteiger partial charge on any atom is -0.395 e. The van der Waals surface area contributed by atoms with E-state index in [1.54, 1.807) is 17.8 Å². The lowest BCUT2D eigenvalue weighted by atomic mass is 10.1. The maximum Gasteiger partial charge on any atom is 0.330 e. The van der Waals surface area contributed by atoms with Crippen LogP contribution in [0.15, 0.2) is 38.5 Å². The Hall–Kier alpha value is -2.72. The van der Waals surface area contributed by atoms with Gasteiger partial charge in [-0.3, -0.25) is 24.0 Å². The highest BCUT2D eigenvalue weighted by Crippen LogP contribution is 2.35. The predicted octanol–water partition coefficient (Wildman–Crippen LogP) is 1.37. The quantitative estimate of drug-likeness (QED) is 0.503. The summed E-state index contributed by atoms with van der Waals surface area (Å²) in [7, 11) is 2.92. The molecule has 1 N–H and O–H groups in total. The molecule has 0 bridgehead atoms. The number of aliphatic hydroxyl groups is 1. The van der Waals surface area contributed by atoms with E-state index >= 15 is 0 Å². The molecule has 0 aliphatic carbocycles. The lowest BCUT2D eigenvalue weighted by Crippen LogP contribution is -2.36. The third kappa shape index (κ3) is 2.67. The van der Waals surface area contributed by atoms with Gasteiger partial charge < -0.3 is 9.67 Å². The Morgan fingerprint density at radius 3 is 2.54 bits per heavy atom. The lowest BCUT2D eigenvalue weighted by Gasteiger charge is -2.10. The van der Waals surface area contributed by atoms with Crippen LogP contribution in [-0.2, 0) is 20.6 Å². The van der Waals surface area contributed by atoms with Crippen LogP contribution >= 0.6 is 15.9 Å². The Labute approximate surface area is 155 Å². The van der Waals surface area contributed by atoms with Crippen molar-refractivity contribution in [1.29, 1.82) is 0 Å². The van der Waals surface area contributed by atoms with E-state index in [-0.39, 0.29) is 24.2 Å². The van der Waals surface area contributed by atoms with Crippen LogP contribution < -0.4 is 11.2 Å². The van der Waals surface area contributed by atoms with Crippen LogP contribution in [0.4, 0.5) is 5.69 Å². The predicted molar refractivity (Wildman–Crippen MR) is 99.3 cm³/mol. The van der Waals surface area contributed by atoms with E-state index in [9.17, 15) is 24.8 Å². The second kappa shape index (κ2) is 6.54. The molecule has 0 aliphatic rings. The van der Waals surface area contributed by atoms with Gasteiger partial charge in [-0.2, -0.15) is 0 Å².